The van der Waals surface area contributed by atoms with Crippen molar-refractivity contribution < 1.29 is 14.4 Å². The minimum Gasteiger partial charge on any atom is -0.484 e. The van der Waals surface area contributed by atoms with Gasteiger partial charge in [0, 0.05) is 24.9 Å². The molecule has 1 heterocycles. The van der Waals surface area contributed by atoms with Crippen LogP contribution < -0.4 is 15.0 Å². The van der Waals surface area contributed by atoms with Crippen LogP contribution in [0, 0.1) is 13.8 Å². The predicted molar refractivity (Wildman–Crippen MR) is 103 cm³/mol. The summed E-state index contributed by atoms with van der Waals surface area (Å²) >= 11 is 0. The number of quaternary nitrogens is 1. The zero-order chi connectivity index (χ0) is 18.4. The first-order valence-corrected chi connectivity index (χ1v) is 9.48. The highest BCUT2D eigenvalue weighted by Crippen LogP contribution is 2.16. The summed E-state index contributed by atoms with van der Waals surface area (Å²) in [6, 6.07) is 14.4. The number of likely N-dealkylation sites (tertiary alicyclic amines) is 1. The van der Waals surface area contributed by atoms with Gasteiger partial charge in [0.05, 0.1) is 13.1 Å². The quantitative estimate of drug-likeness (QED) is 0.801. The van der Waals surface area contributed by atoms with E-state index in [9.17, 15) is 4.79 Å². The molecule has 0 unspecified atom stereocenters. The molecule has 3 rings (SSSR count). The fourth-order valence-electron chi connectivity index (χ4n) is 3.32. The van der Waals surface area contributed by atoms with Crippen LogP contribution in [0.2, 0.25) is 0 Å². The fourth-order valence-corrected chi connectivity index (χ4v) is 3.32. The molecule has 0 radical (unpaired) electrons. The SMILES string of the molecule is Cc1ccc(OCC(=O)NCc2ccc(C[NH+]3CCCC3)cc2)cc1C. The van der Waals surface area contributed by atoms with E-state index in [4.69, 9.17) is 4.74 Å². The molecule has 138 valence electrons. The van der Waals surface area contributed by atoms with E-state index >= 15 is 0 Å². The highest BCUT2D eigenvalue weighted by molar-refractivity contribution is 5.77. The largest absolute Gasteiger partial charge is 0.484 e. The van der Waals surface area contributed by atoms with Crippen LogP contribution in [0.4, 0.5) is 0 Å². The van der Waals surface area contributed by atoms with E-state index < -0.39 is 0 Å². The molecule has 1 amide bonds. The van der Waals surface area contributed by atoms with Gasteiger partial charge in [-0.3, -0.25) is 4.79 Å². The van der Waals surface area contributed by atoms with Crippen molar-refractivity contribution >= 4 is 5.91 Å². The highest BCUT2D eigenvalue weighted by atomic mass is 16.5. The number of aryl methyl sites for hydroxylation is 2. The van der Waals surface area contributed by atoms with E-state index in [1.54, 1.807) is 4.90 Å². The van der Waals surface area contributed by atoms with Crippen molar-refractivity contribution in [2.24, 2.45) is 0 Å². The van der Waals surface area contributed by atoms with Gasteiger partial charge in [0.2, 0.25) is 0 Å². The van der Waals surface area contributed by atoms with E-state index in [-0.39, 0.29) is 12.5 Å². The topological polar surface area (TPSA) is 42.8 Å². The van der Waals surface area contributed by atoms with Gasteiger partial charge in [0.25, 0.3) is 5.91 Å². The lowest BCUT2D eigenvalue weighted by atomic mass is 10.1. The molecule has 2 aromatic rings. The summed E-state index contributed by atoms with van der Waals surface area (Å²) in [5, 5.41) is 2.92. The molecular weight excluding hydrogens is 324 g/mol. The average molecular weight is 353 g/mol. The van der Waals surface area contributed by atoms with Crippen LogP contribution >= 0.6 is 0 Å². The molecule has 1 saturated heterocycles. The number of ether oxygens (including phenoxy) is 1. The maximum absolute atomic E-state index is 12.0. The fraction of sp³-hybridized carbons (Fsp3) is 0.409. The molecule has 26 heavy (non-hydrogen) atoms. The van der Waals surface area contributed by atoms with Gasteiger partial charge in [0.1, 0.15) is 12.3 Å². The number of carbonyl (C=O) groups is 1. The average Bonchev–Trinajstić information content (AvgIpc) is 3.15. The molecule has 4 heteroatoms. The number of benzene rings is 2. The highest BCUT2D eigenvalue weighted by Gasteiger charge is 2.15. The van der Waals surface area contributed by atoms with Crippen LogP contribution in [0.5, 0.6) is 5.75 Å². The van der Waals surface area contributed by atoms with Gasteiger partial charge in [-0.15, -0.1) is 0 Å². The number of hydrogen-bond acceptors (Lipinski definition) is 2. The zero-order valence-electron chi connectivity index (χ0n) is 15.8. The second kappa shape index (κ2) is 8.86. The summed E-state index contributed by atoms with van der Waals surface area (Å²) in [5.41, 5.74) is 4.87. The number of rotatable bonds is 7. The lowest BCUT2D eigenvalue weighted by molar-refractivity contribution is -0.901. The van der Waals surface area contributed by atoms with Gasteiger partial charge in [-0.2, -0.15) is 0 Å². The first kappa shape index (κ1) is 18.5. The lowest BCUT2D eigenvalue weighted by Crippen LogP contribution is -3.08. The maximum atomic E-state index is 12.0. The van der Waals surface area contributed by atoms with Crippen molar-refractivity contribution in [2.75, 3.05) is 19.7 Å². The summed E-state index contributed by atoms with van der Waals surface area (Å²) in [7, 11) is 0. The van der Waals surface area contributed by atoms with Crippen molar-refractivity contribution in [1.29, 1.82) is 0 Å². The maximum Gasteiger partial charge on any atom is 0.258 e. The van der Waals surface area contributed by atoms with Crippen LogP contribution in [0.25, 0.3) is 0 Å². The molecule has 0 bridgehead atoms. The van der Waals surface area contributed by atoms with Crippen molar-refractivity contribution in [3.05, 3.63) is 64.7 Å². The molecule has 0 aromatic heterocycles. The smallest absolute Gasteiger partial charge is 0.258 e. The third-order valence-corrected chi connectivity index (χ3v) is 5.13. The summed E-state index contributed by atoms with van der Waals surface area (Å²) < 4.78 is 5.57. The minimum absolute atomic E-state index is 0.0406. The molecule has 0 saturated carbocycles. The number of carbonyl (C=O) groups excluding carboxylic acids is 1. The molecular formula is C22H29N2O2+. The molecule has 1 aliphatic heterocycles. The van der Waals surface area contributed by atoms with Crippen LogP contribution in [-0.4, -0.2) is 25.6 Å². The molecule has 0 spiro atoms. The van der Waals surface area contributed by atoms with Gasteiger partial charge < -0.3 is 15.0 Å². The zero-order valence-corrected chi connectivity index (χ0v) is 15.8. The van der Waals surface area contributed by atoms with E-state index in [0.29, 0.717) is 6.54 Å². The number of hydrogen-bond donors (Lipinski definition) is 2. The third-order valence-electron chi connectivity index (χ3n) is 5.13. The van der Waals surface area contributed by atoms with Gasteiger partial charge in [-0.25, -0.2) is 0 Å². The van der Waals surface area contributed by atoms with Crippen LogP contribution in [0.3, 0.4) is 0 Å². The van der Waals surface area contributed by atoms with Gasteiger partial charge >= 0.3 is 0 Å². The summed E-state index contributed by atoms with van der Waals surface area (Å²) in [6.07, 6.45) is 2.70. The van der Waals surface area contributed by atoms with E-state index in [1.807, 2.05) is 25.1 Å². The first-order chi connectivity index (χ1) is 12.6. The van der Waals surface area contributed by atoms with Crippen LogP contribution in [-0.2, 0) is 17.9 Å². The Morgan fingerprint density at radius 3 is 2.38 bits per heavy atom. The van der Waals surface area contributed by atoms with Gasteiger partial charge in [-0.1, -0.05) is 30.3 Å². The van der Waals surface area contributed by atoms with Crippen molar-refractivity contribution in [1.82, 2.24) is 5.32 Å². The molecule has 0 aliphatic carbocycles. The van der Waals surface area contributed by atoms with Crippen molar-refractivity contribution in [3.63, 3.8) is 0 Å². The Kier molecular flexibility index (Phi) is 6.29. The monoisotopic (exact) mass is 353 g/mol. The molecule has 2 N–H and O–H groups in total. The van der Waals surface area contributed by atoms with Crippen molar-refractivity contribution in [2.45, 2.75) is 39.8 Å². The Morgan fingerprint density at radius 2 is 1.69 bits per heavy atom. The Morgan fingerprint density at radius 1 is 1.00 bits per heavy atom. The van der Waals surface area contributed by atoms with E-state index in [2.05, 4.69) is 36.5 Å². The van der Waals surface area contributed by atoms with Crippen LogP contribution in [0.15, 0.2) is 42.5 Å². The standard InChI is InChI=1S/C22H28N2O2/c1-17-5-10-21(13-18(17)2)26-16-22(25)23-14-19-6-8-20(9-7-19)15-24-11-3-4-12-24/h5-10,13H,3-4,11-12,14-16H2,1-2H3,(H,23,25)/p+1. The number of amides is 1. The van der Waals surface area contributed by atoms with Gasteiger partial charge in [-0.05, 0) is 42.7 Å². The Balaban J connectivity index is 1.41. The Labute approximate surface area is 156 Å². The second-order valence-electron chi connectivity index (χ2n) is 7.26. The summed E-state index contributed by atoms with van der Waals surface area (Å²) in [4.78, 5) is 13.7. The third kappa shape index (κ3) is 5.33. The lowest BCUT2D eigenvalue weighted by Gasteiger charge is -2.12. The molecule has 4 nitrogen and oxygen atoms in total. The minimum atomic E-state index is -0.103. The van der Waals surface area contributed by atoms with E-state index in [1.165, 1.54) is 42.6 Å². The molecule has 1 aliphatic rings. The summed E-state index contributed by atoms with van der Waals surface area (Å²) in [6.45, 7) is 8.36. The predicted octanol–water partition coefficient (Wildman–Crippen LogP) is 2.18. The molecule has 0 atom stereocenters. The van der Waals surface area contributed by atoms with Crippen molar-refractivity contribution in [3.8, 4) is 5.75 Å². The molecule has 2 aromatic carbocycles. The van der Waals surface area contributed by atoms with E-state index in [0.717, 1.165) is 17.9 Å². The summed E-state index contributed by atoms with van der Waals surface area (Å²) in [5.74, 6) is 0.630. The van der Waals surface area contributed by atoms with Crippen LogP contribution in [0.1, 0.15) is 35.1 Å². The normalized spacial score (nSPS) is 14.4. The first-order valence-electron chi connectivity index (χ1n) is 9.48. The Hall–Kier alpha value is -2.33. The second-order valence-corrected chi connectivity index (χ2v) is 7.26. The van der Waals surface area contributed by atoms with Gasteiger partial charge in [0.15, 0.2) is 6.61 Å². The Bertz CT molecular complexity index is 734. The number of nitrogens with one attached hydrogen (secondary N) is 2. The molecule has 1 fully saturated rings.